The molecule has 1 saturated carbocycles. The Morgan fingerprint density at radius 2 is 1.83 bits per heavy atom. The summed E-state index contributed by atoms with van der Waals surface area (Å²) in [7, 11) is -3.31. The number of carbonyl (C=O) groups is 1. The van der Waals surface area contributed by atoms with Crippen LogP contribution in [0.25, 0.3) is 0 Å². The Balaban J connectivity index is 1.60. The number of alkyl halides is 3. The average Bonchev–Trinajstić information content (AvgIpc) is 3.30. The first kappa shape index (κ1) is 25.6. The van der Waals surface area contributed by atoms with Gasteiger partial charge >= 0.3 is 16.3 Å². The van der Waals surface area contributed by atoms with Gasteiger partial charge in [-0.3, -0.25) is 4.79 Å². The predicted octanol–water partition coefficient (Wildman–Crippen LogP) is 5.40. The van der Waals surface area contributed by atoms with Gasteiger partial charge in [-0.05, 0) is 60.9 Å². The highest BCUT2D eigenvalue weighted by atomic mass is 32.2. The van der Waals surface area contributed by atoms with Gasteiger partial charge in [0.1, 0.15) is 10.7 Å². The quantitative estimate of drug-likeness (QED) is 0.349. The molecule has 0 radical (unpaired) electrons. The van der Waals surface area contributed by atoms with Gasteiger partial charge in [-0.25, -0.2) is 0 Å². The lowest BCUT2D eigenvalue weighted by Gasteiger charge is -2.31. The Hall–Kier alpha value is -3.47. The zero-order chi connectivity index (χ0) is 25.9. The Labute approximate surface area is 206 Å². The van der Waals surface area contributed by atoms with Crippen LogP contribution in [0.15, 0.2) is 70.2 Å². The van der Waals surface area contributed by atoms with E-state index in [1.807, 2.05) is 0 Å². The third-order valence-electron chi connectivity index (χ3n) is 5.94. The van der Waals surface area contributed by atoms with E-state index >= 15 is 0 Å². The summed E-state index contributed by atoms with van der Waals surface area (Å²) >= 11 is 0. The fourth-order valence-electron chi connectivity index (χ4n) is 3.82. The number of nitrogens with zero attached hydrogens (tertiary/aromatic N) is 1. The molecule has 1 aliphatic carbocycles. The van der Waals surface area contributed by atoms with Crippen molar-refractivity contribution in [1.29, 1.82) is 0 Å². The molecule has 1 aliphatic rings. The van der Waals surface area contributed by atoms with Crippen LogP contribution in [-0.4, -0.2) is 26.3 Å². The second kappa shape index (κ2) is 10.3. The molecular formula is C25H24F3NO6S. The summed E-state index contributed by atoms with van der Waals surface area (Å²) in [6.07, 6.45) is -0.606. The SMILES string of the molecule is COc1ccc(CN(Cc2ccco2)C(=O)C2CCC2)cc1OS(=O)(=O)c1cccc(C(F)(F)F)c1. The van der Waals surface area contributed by atoms with E-state index in [9.17, 15) is 26.4 Å². The van der Waals surface area contributed by atoms with Gasteiger partial charge in [-0.15, -0.1) is 0 Å². The number of benzene rings is 2. The van der Waals surface area contributed by atoms with Gasteiger partial charge in [0, 0.05) is 12.5 Å². The Bertz CT molecular complexity index is 1320. The molecule has 1 aromatic heterocycles. The van der Waals surface area contributed by atoms with Crippen LogP contribution in [-0.2, 0) is 34.2 Å². The van der Waals surface area contributed by atoms with Crippen molar-refractivity contribution in [3.63, 3.8) is 0 Å². The second-order valence-electron chi connectivity index (χ2n) is 8.45. The Morgan fingerprint density at radius 3 is 2.44 bits per heavy atom. The fourth-order valence-corrected chi connectivity index (χ4v) is 4.79. The molecule has 192 valence electrons. The molecule has 3 aromatic rings. The molecule has 4 rings (SSSR count). The monoisotopic (exact) mass is 523 g/mol. The molecule has 0 atom stereocenters. The molecular weight excluding hydrogens is 499 g/mol. The Kier molecular flexibility index (Phi) is 7.30. The average molecular weight is 524 g/mol. The van der Waals surface area contributed by atoms with E-state index in [1.54, 1.807) is 23.1 Å². The number of carbonyl (C=O) groups excluding carboxylic acids is 1. The summed E-state index contributed by atoms with van der Waals surface area (Å²) in [5.74, 6) is 0.348. The van der Waals surface area contributed by atoms with Gasteiger partial charge < -0.3 is 18.2 Å². The highest BCUT2D eigenvalue weighted by molar-refractivity contribution is 7.87. The summed E-state index contributed by atoms with van der Waals surface area (Å²) in [5, 5.41) is 0. The topological polar surface area (TPSA) is 86.0 Å². The molecule has 0 N–H and O–H groups in total. The van der Waals surface area contributed by atoms with E-state index in [1.165, 1.54) is 25.5 Å². The number of amides is 1. The predicted molar refractivity (Wildman–Crippen MR) is 123 cm³/mol. The summed E-state index contributed by atoms with van der Waals surface area (Å²) in [6, 6.07) is 11.3. The van der Waals surface area contributed by atoms with E-state index in [0.29, 0.717) is 17.4 Å². The molecule has 7 nitrogen and oxygen atoms in total. The minimum Gasteiger partial charge on any atom is -0.493 e. The maximum Gasteiger partial charge on any atom is 0.416 e. The van der Waals surface area contributed by atoms with Crippen molar-refractivity contribution in [3.05, 3.63) is 77.7 Å². The number of ether oxygens (including phenoxy) is 1. The van der Waals surface area contributed by atoms with Crippen molar-refractivity contribution in [2.45, 2.75) is 43.4 Å². The van der Waals surface area contributed by atoms with Gasteiger partial charge in [0.2, 0.25) is 5.91 Å². The van der Waals surface area contributed by atoms with Gasteiger partial charge in [0.15, 0.2) is 11.5 Å². The largest absolute Gasteiger partial charge is 0.493 e. The van der Waals surface area contributed by atoms with Crippen molar-refractivity contribution < 1.29 is 39.7 Å². The molecule has 36 heavy (non-hydrogen) atoms. The molecule has 0 unspecified atom stereocenters. The van der Waals surface area contributed by atoms with Crippen molar-refractivity contribution in [1.82, 2.24) is 4.90 Å². The molecule has 1 amide bonds. The lowest BCUT2D eigenvalue weighted by molar-refractivity contribution is -0.140. The normalized spacial score (nSPS) is 14.2. The van der Waals surface area contributed by atoms with Crippen molar-refractivity contribution >= 4 is 16.0 Å². The molecule has 0 bridgehead atoms. The lowest BCUT2D eigenvalue weighted by Crippen LogP contribution is -2.38. The molecule has 1 fully saturated rings. The molecule has 1 heterocycles. The number of furan rings is 1. The van der Waals surface area contributed by atoms with Crippen LogP contribution in [0.2, 0.25) is 0 Å². The van der Waals surface area contributed by atoms with Crippen LogP contribution >= 0.6 is 0 Å². The lowest BCUT2D eigenvalue weighted by atomic mass is 9.84. The minimum atomic E-state index is -4.71. The summed E-state index contributed by atoms with van der Waals surface area (Å²) in [5.41, 5.74) is -0.569. The van der Waals surface area contributed by atoms with E-state index < -0.39 is 26.8 Å². The fraction of sp³-hybridized carbons (Fsp3) is 0.320. The van der Waals surface area contributed by atoms with E-state index in [-0.39, 0.29) is 36.4 Å². The molecule has 0 saturated heterocycles. The smallest absolute Gasteiger partial charge is 0.416 e. The van der Waals surface area contributed by atoms with Crippen LogP contribution < -0.4 is 8.92 Å². The van der Waals surface area contributed by atoms with E-state index in [2.05, 4.69) is 0 Å². The van der Waals surface area contributed by atoms with Gasteiger partial charge in [-0.1, -0.05) is 18.6 Å². The first-order valence-electron chi connectivity index (χ1n) is 11.2. The number of hydrogen-bond acceptors (Lipinski definition) is 6. The van der Waals surface area contributed by atoms with Crippen LogP contribution in [0.3, 0.4) is 0 Å². The van der Waals surface area contributed by atoms with Gasteiger partial charge in [0.05, 0.1) is 25.5 Å². The molecule has 2 aromatic carbocycles. The van der Waals surface area contributed by atoms with Gasteiger partial charge in [-0.2, -0.15) is 21.6 Å². The summed E-state index contributed by atoms with van der Waals surface area (Å²) < 4.78 is 80.6. The third-order valence-corrected chi connectivity index (χ3v) is 7.17. The number of hydrogen-bond donors (Lipinski definition) is 0. The summed E-state index contributed by atoms with van der Waals surface area (Å²) in [6.45, 7) is 0.368. The maximum atomic E-state index is 13.1. The van der Waals surface area contributed by atoms with Crippen molar-refractivity contribution in [2.75, 3.05) is 7.11 Å². The zero-order valence-corrected chi connectivity index (χ0v) is 20.1. The highest BCUT2D eigenvalue weighted by Gasteiger charge is 2.33. The number of halogens is 3. The minimum absolute atomic E-state index is 0.0347. The van der Waals surface area contributed by atoms with E-state index in [0.717, 1.165) is 37.5 Å². The van der Waals surface area contributed by atoms with Crippen LogP contribution in [0.5, 0.6) is 11.5 Å². The second-order valence-corrected chi connectivity index (χ2v) is 10.00. The zero-order valence-electron chi connectivity index (χ0n) is 19.3. The highest BCUT2D eigenvalue weighted by Crippen LogP contribution is 2.35. The third kappa shape index (κ3) is 5.84. The van der Waals surface area contributed by atoms with Crippen LogP contribution in [0, 0.1) is 5.92 Å². The maximum absolute atomic E-state index is 13.1. The van der Waals surface area contributed by atoms with Gasteiger partial charge in [0.25, 0.3) is 0 Å². The van der Waals surface area contributed by atoms with Crippen LogP contribution in [0.1, 0.15) is 36.1 Å². The van der Waals surface area contributed by atoms with Crippen LogP contribution in [0.4, 0.5) is 13.2 Å². The molecule has 0 aliphatic heterocycles. The number of methoxy groups -OCH3 is 1. The summed E-state index contributed by atoms with van der Waals surface area (Å²) in [4.78, 5) is 14.0. The first-order valence-corrected chi connectivity index (χ1v) is 12.6. The van der Waals surface area contributed by atoms with E-state index in [4.69, 9.17) is 13.3 Å². The Morgan fingerprint density at radius 1 is 1.06 bits per heavy atom. The van der Waals surface area contributed by atoms with Crippen molar-refractivity contribution in [3.8, 4) is 11.5 Å². The number of rotatable bonds is 9. The molecule has 0 spiro atoms. The molecule has 11 heteroatoms. The standard InChI is InChI=1S/C25H24F3NO6S/c1-33-22-11-10-17(15-29(16-20-8-4-12-34-20)24(30)18-5-2-6-18)13-23(22)35-36(31,32)21-9-3-7-19(14-21)25(26,27)28/h3-4,7-14,18H,2,5-6,15-16H2,1H3. The first-order chi connectivity index (χ1) is 17.1. The van der Waals surface area contributed by atoms with Crippen molar-refractivity contribution in [2.24, 2.45) is 5.92 Å².